The van der Waals surface area contributed by atoms with Crippen molar-refractivity contribution in [3.63, 3.8) is 0 Å². The van der Waals surface area contributed by atoms with Gasteiger partial charge in [0.1, 0.15) is 0 Å². The van der Waals surface area contributed by atoms with E-state index < -0.39 is 5.97 Å². The second kappa shape index (κ2) is 5.19. The van der Waals surface area contributed by atoms with Crippen molar-refractivity contribution in [3.05, 3.63) is 0 Å². The molecule has 0 radical (unpaired) electrons. The van der Waals surface area contributed by atoms with E-state index in [0.717, 1.165) is 12.8 Å². The van der Waals surface area contributed by atoms with Gasteiger partial charge in [-0.1, -0.05) is 0 Å². The van der Waals surface area contributed by atoms with Gasteiger partial charge in [-0.2, -0.15) is 0 Å². The van der Waals surface area contributed by atoms with E-state index in [9.17, 15) is 4.79 Å². The lowest BCUT2D eigenvalue weighted by Gasteiger charge is -2.27. The van der Waals surface area contributed by atoms with Crippen LogP contribution in [0.25, 0.3) is 0 Å². The Morgan fingerprint density at radius 3 is 2.69 bits per heavy atom. The fourth-order valence-electron chi connectivity index (χ4n) is 1.79. The van der Waals surface area contributed by atoms with E-state index in [1.54, 1.807) is 7.05 Å². The molecule has 0 aliphatic carbocycles. The Bertz CT molecular complexity index is 166. The first kappa shape index (κ1) is 10.5. The number of hydrogen-bond acceptors (Lipinski definition) is 3. The Labute approximate surface area is 78.3 Å². The number of nitrogens with one attached hydrogen (secondary N) is 1. The lowest BCUT2D eigenvalue weighted by atomic mass is 9.86. The van der Waals surface area contributed by atoms with E-state index in [2.05, 4.69) is 5.32 Å². The molecule has 1 rings (SSSR count). The zero-order valence-corrected chi connectivity index (χ0v) is 7.95. The SMILES string of the molecule is CNCC(C(=O)O)C1CCOCC1. The molecule has 76 valence electrons. The summed E-state index contributed by atoms with van der Waals surface area (Å²) in [5.74, 6) is -0.672. The van der Waals surface area contributed by atoms with Gasteiger partial charge in [-0.25, -0.2) is 0 Å². The summed E-state index contributed by atoms with van der Waals surface area (Å²) in [5.41, 5.74) is 0. The van der Waals surface area contributed by atoms with Crippen LogP contribution in [0.2, 0.25) is 0 Å². The van der Waals surface area contributed by atoms with Crippen LogP contribution in [0.5, 0.6) is 0 Å². The number of carbonyl (C=O) groups is 1. The maximum Gasteiger partial charge on any atom is 0.308 e. The summed E-state index contributed by atoms with van der Waals surface area (Å²) in [6, 6.07) is 0. The van der Waals surface area contributed by atoms with Crippen LogP contribution in [-0.2, 0) is 9.53 Å². The first-order valence-electron chi connectivity index (χ1n) is 4.71. The van der Waals surface area contributed by atoms with Gasteiger partial charge in [0.2, 0.25) is 0 Å². The first-order valence-corrected chi connectivity index (χ1v) is 4.71. The van der Waals surface area contributed by atoms with Crippen molar-refractivity contribution in [3.8, 4) is 0 Å². The zero-order chi connectivity index (χ0) is 9.68. The third-order valence-electron chi connectivity index (χ3n) is 2.58. The third-order valence-corrected chi connectivity index (χ3v) is 2.58. The topological polar surface area (TPSA) is 58.6 Å². The maximum atomic E-state index is 10.9. The first-order chi connectivity index (χ1) is 6.25. The van der Waals surface area contributed by atoms with Gasteiger partial charge < -0.3 is 15.2 Å². The predicted octanol–water partition coefficient (Wildman–Crippen LogP) is 0.333. The number of carboxylic acid groups (broad SMARTS) is 1. The van der Waals surface area contributed by atoms with Gasteiger partial charge in [-0.3, -0.25) is 4.79 Å². The number of carboxylic acids is 1. The highest BCUT2D eigenvalue weighted by molar-refractivity contribution is 5.70. The molecular weight excluding hydrogens is 170 g/mol. The molecule has 0 saturated carbocycles. The fourth-order valence-corrected chi connectivity index (χ4v) is 1.79. The molecule has 1 unspecified atom stereocenters. The monoisotopic (exact) mass is 187 g/mol. The highest BCUT2D eigenvalue weighted by Gasteiger charge is 2.28. The number of hydrogen-bond donors (Lipinski definition) is 2. The molecule has 1 heterocycles. The molecule has 0 amide bonds. The van der Waals surface area contributed by atoms with Crippen molar-refractivity contribution in [2.24, 2.45) is 11.8 Å². The van der Waals surface area contributed by atoms with Crippen molar-refractivity contribution < 1.29 is 14.6 Å². The van der Waals surface area contributed by atoms with Crippen LogP contribution >= 0.6 is 0 Å². The van der Waals surface area contributed by atoms with Crippen LogP contribution in [0.1, 0.15) is 12.8 Å². The minimum Gasteiger partial charge on any atom is -0.481 e. The highest BCUT2D eigenvalue weighted by Crippen LogP contribution is 2.23. The van der Waals surface area contributed by atoms with E-state index in [4.69, 9.17) is 9.84 Å². The molecule has 0 aromatic heterocycles. The van der Waals surface area contributed by atoms with Crippen molar-refractivity contribution in [2.45, 2.75) is 12.8 Å². The van der Waals surface area contributed by atoms with Crippen LogP contribution in [-0.4, -0.2) is 37.9 Å². The minimum atomic E-state index is -0.693. The molecule has 1 aliphatic heterocycles. The molecule has 13 heavy (non-hydrogen) atoms. The highest BCUT2D eigenvalue weighted by atomic mass is 16.5. The zero-order valence-electron chi connectivity index (χ0n) is 7.95. The van der Waals surface area contributed by atoms with Crippen LogP contribution < -0.4 is 5.32 Å². The second-order valence-electron chi connectivity index (χ2n) is 3.45. The molecule has 4 heteroatoms. The summed E-state index contributed by atoms with van der Waals surface area (Å²) >= 11 is 0. The van der Waals surface area contributed by atoms with E-state index in [1.807, 2.05) is 0 Å². The summed E-state index contributed by atoms with van der Waals surface area (Å²) in [5, 5.41) is 11.9. The summed E-state index contributed by atoms with van der Waals surface area (Å²) in [7, 11) is 1.79. The van der Waals surface area contributed by atoms with Gasteiger partial charge in [0.25, 0.3) is 0 Å². The van der Waals surface area contributed by atoms with Crippen LogP contribution in [0.15, 0.2) is 0 Å². The van der Waals surface area contributed by atoms with Crippen LogP contribution in [0.3, 0.4) is 0 Å². The van der Waals surface area contributed by atoms with E-state index in [-0.39, 0.29) is 11.8 Å². The predicted molar refractivity (Wildman–Crippen MR) is 48.6 cm³/mol. The summed E-state index contributed by atoms with van der Waals surface area (Å²) in [6.07, 6.45) is 1.75. The van der Waals surface area contributed by atoms with Crippen molar-refractivity contribution in [2.75, 3.05) is 26.8 Å². The lowest BCUT2D eigenvalue weighted by Crippen LogP contribution is -2.35. The number of ether oxygens (including phenoxy) is 1. The number of aliphatic carboxylic acids is 1. The average molecular weight is 187 g/mol. The third kappa shape index (κ3) is 2.97. The molecule has 0 aromatic rings. The molecule has 0 bridgehead atoms. The average Bonchev–Trinajstić information content (AvgIpc) is 2.15. The Kier molecular flexibility index (Phi) is 4.18. The number of rotatable bonds is 4. The minimum absolute atomic E-state index is 0.256. The Balaban J connectivity index is 2.46. The molecule has 1 atom stereocenters. The van der Waals surface area contributed by atoms with Gasteiger partial charge in [0.15, 0.2) is 0 Å². The molecule has 0 spiro atoms. The van der Waals surface area contributed by atoms with Crippen LogP contribution in [0, 0.1) is 11.8 Å². The van der Waals surface area contributed by atoms with Crippen molar-refractivity contribution in [1.82, 2.24) is 5.32 Å². The molecule has 2 N–H and O–H groups in total. The summed E-state index contributed by atoms with van der Waals surface area (Å²) in [4.78, 5) is 10.9. The van der Waals surface area contributed by atoms with E-state index in [1.165, 1.54) is 0 Å². The van der Waals surface area contributed by atoms with E-state index in [0.29, 0.717) is 19.8 Å². The van der Waals surface area contributed by atoms with Crippen LogP contribution in [0.4, 0.5) is 0 Å². The van der Waals surface area contributed by atoms with Crippen molar-refractivity contribution in [1.29, 1.82) is 0 Å². The lowest BCUT2D eigenvalue weighted by molar-refractivity contribution is -0.144. The van der Waals surface area contributed by atoms with Gasteiger partial charge in [0, 0.05) is 19.8 Å². The van der Waals surface area contributed by atoms with Gasteiger partial charge in [-0.15, -0.1) is 0 Å². The smallest absolute Gasteiger partial charge is 0.308 e. The molecule has 1 fully saturated rings. The summed E-state index contributed by atoms with van der Waals surface area (Å²) in [6.45, 7) is 1.97. The Hall–Kier alpha value is -0.610. The standard InChI is InChI=1S/C9H17NO3/c1-10-6-8(9(11)12)7-2-4-13-5-3-7/h7-8,10H,2-6H2,1H3,(H,11,12). The van der Waals surface area contributed by atoms with Crippen molar-refractivity contribution >= 4 is 5.97 Å². The molecule has 4 nitrogen and oxygen atoms in total. The van der Waals surface area contributed by atoms with Gasteiger partial charge in [-0.05, 0) is 25.8 Å². The van der Waals surface area contributed by atoms with E-state index >= 15 is 0 Å². The Morgan fingerprint density at radius 2 is 2.23 bits per heavy atom. The van der Waals surface area contributed by atoms with Gasteiger partial charge >= 0.3 is 5.97 Å². The molecule has 1 saturated heterocycles. The molecule has 1 aliphatic rings. The fraction of sp³-hybridized carbons (Fsp3) is 0.889. The van der Waals surface area contributed by atoms with Gasteiger partial charge in [0.05, 0.1) is 5.92 Å². The summed E-state index contributed by atoms with van der Waals surface area (Å²) < 4.78 is 5.19. The molecule has 0 aromatic carbocycles. The second-order valence-corrected chi connectivity index (χ2v) is 3.45. The largest absolute Gasteiger partial charge is 0.481 e. The maximum absolute atomic E-state index is 10.9. The Morgan fingerprint density at radius 1 is 1.62 bits per heavy atom. The quantitative estimate of drug-likeness (QED) is 0.666. The normalized spacial score (nSPS) is 21.3. The molecular formula is C9H17NO3.